The average molecular weight is 373 g/mol. The summed E-state index contributed by atoms with van der Waals surface area (Å²) in [5, 5.41) is 0. The second kappa shape index (κ2) is 9.11. The van der Waals surface area contributed by atoms with E-state index in [0.717, 1.165) is 50.8 Å². The van der Waals surface area contributed by atoms with E-state index in [1.807, 2.05) is 6.20 Å². The highest BCUT2D eigenvalue weighted by molar-refractivity contribution is 5.72. The maximum absolute atomic E-state index is 6.09. The van der Waals surface area contributed by atoms with Crippen molar-refractivity contribution in [2.45, 2.75) is 38.5 Å². The summed E-state index contributed by atoms with van der Waals surface area (Å²) in [6, 6.07) is 2.13. The SMILES string of the molecule is Nc1cnc2c(c1)N(CCN1CCCCC1)CCN2CCN1CCCCC1. The number of fused-ring (bicyclic) bond motifs is 1. The zero-order valence-corrected chi connectivity index (χ0v) is 16.8. The monoisotopic (exact) mass is 372 g/mol. The molecule has 4 rings (SSSR count). The molecule has 27 heavy (non-hydrogen) atoms. The van der Waals surface area contributed by atoms with Gasteiger partial charge in [-0.05, 0) is 57.9 Å². The van der Waals surface area contributed by atoms with E-state index in [0.29, 0.717) is 0 Å². The Labute approximate surface area is 164 Å². The first-order valence-corrected chi connectivity index (χ1v) is 11.0. The number of pyridine rings is 1. The van der Waals surface area contributed by atoms with Crippen LogP contribution in [0.3, 0.4) is 0 Å². The van der Waals surface area contributed by atoms with Gasteiger partial charge < -0.3 is 25.3 Å². The first-order chi connectivity index (χ1) is 13.3. The van der Waals surface area contributed by atoms with Gasteiger partial charge >= 0.3 is 0 Å². The standard InChI is InChI=1S/C21H36N6/c22-19-17-20-21(23-18-19)27(14-12-25-9-5-2-6-10-25)16-15-26(20)13-11-24-7-3-1-4-8-24/h17-18H,1-16,22H2. The number of nitrogens with two attached hydrogens (primary N) is 1. The van der Waals surface area contributed by atoms with Crippen molar-refractivity contribution in [3.8, 4) is 0 Å². The number of nitrogens with zero attached hydrogens (tertiary/aromatic N) is 5. The molecule has 0 unspecified atom stereocenters. The van der Waals surface area contributed by atoms with E-state index >= 15 is 0 Å². The number of nitrogen functional groups attached to an aromatic ring is 1. The van der Waals surface area contributed by atoms with Crippen LogP contribution in [0.15, 0.2) is 12.3 Å². The molecule has 0 aliphatic carbocycles. The molecule has 0 spiro atoms. The van der Waals surface area contributed by atoms with Crippen molar-refractivity contribution in [2.24, 2.45) is 0 Å². The number of anilines is 3. The number of hydrogen-bond donors (Lipinski definition) is 1. The van der Waals surface area contributed by atoms with Gasteiger partial charge in [0.2, 0.25) is 0 Å². The Bertz CT molecular complexity index is 594. The third kappa shape index (κ3) is 4.85. The summed E-state index contributed by atoms with van der Waals surface area (Å²) in [5.74, 6) is 1.13. The van der Waals surface area contributed by atoms with Crippen LogP contribution in [0.4, 0.5) is 17.2 Å². The van der Waals surface area contributed by atoms with Gasteiger partial charge in [-0.25, -0.2) is 4.98 Å². The van der Waals surface area contributed by atoms with Crippen molar-refractivity contribution in [2.75, 3.05) is 81.0 Å². The van der Waals surface area contributed by atoms with Gasteiger partial charge in [0.25, 0.3) is 0 Å². The molecule has 3 aliphatic heterocycles. The van der Waals surface area contributed by atoms with Crippen LogP contribution in [0.5, 0.6) is 0 Å². The van der Waals surface area contributed by atoms with E-state index < -0.39 is 0 Å². The zero-order valence-electron chi connectivity index (χ0n) is 16.8. The van der Waals surface area contributed by atoms with E-state index in [-0.39, 0.29) is 0 Å². The van der Waals surface area contributed by atoms with Crippen LogP contribution in [0, 0.1) is 0 Å². The lowest BCUT2D eigenvalue weighted by Crippen LogP contribution is -2.47. The van der Waals surface area contributed by atoms with Crippen LogP contribution in [0.2, 0.25) is 0 Å². The fourth-order valence-electron chi connectivity index (χ4n) is 4.75. The molecule has 0 bridgehead atoms. The molecule has 0 saturated carbocycles. The third-order valence-corrected chi connectivity index (χ3v) is 6.42. The van der Waals surface area contributed by atoms with Gasteiger partial charge in [-0.15, -0.1) is 0 Å². The smallest absolute Gasteiger partial charge is 0.152 e. The summed E-state index contributed by atoms with van der Waals surface area (Å²) in [4.78, 5) is 14.9. The maximum Gasteiger partial charge on any atom is 0.152 e. The predicted molar refractivity (Wildman–Crippen MR) is 114 cm³/mol. The van der Waals surface area contributed by atoms with Crippen molar-refractivity contribution >= 4 is 17.2 Å². The van der Waals surface area contributed by atoms with E-state index in [9.17, 15) is 0 Å². The molecule has 3 aliphatic rings. The Morgan fingerprint density at radius 3 is 1.89 bits per heavy atom. The molecule has 6 heteroatoms. The van der Waals surface area contributed by atoms with Crippen LogP contribution in [0.1, 0.15) is 38.5 Å². The Hall–Kier alpha value is -1.53. The molecule has 2 saturated heterocycles. The van der Waals surface area contributed by atoms with Gasteiger partial charge in [0.1, 0.15) is 0 Å². The molecule has 0 aromatic carbocycles. The molecule has 2 fully saturated rings. The van der Waals surface area contributed by atoms with Gasteiger partial charge in [0, 0.05) is 39.3 Å². The van der Waals surface area contributed by atoms with Crippen LogP contribution < -0.4 is 15.5 Å². The molecule has 0 radical (unpaired) electrons. The van der Waals surface area contributed by atoms with Crippen molar-refractivity contribution < 1.29 is 0 Å². The van der Waals surface area contributed by atoms with E-state index in [1.54, 1.807) is 0 Å². The molecular weight excluding hydrogens is 336 g/mol. The lowest BCUT2D eigenvalue weighted by atomic mass is 10.1. The molecule has 6 nitrogen and oxygen atoms in total. The summed E-state index contributed by atoms with van der Waals surface area (Å²) >= 11 is 0. The van der Waals surface area contributed by atoms with Crippen LogP contribution in [0.25, 0.3) is 0 Å². The average Bonchev–Trinajstić information content (AvgIpc) is 2.72. The first-order valence-electron chi connectivity index (χ1n) is 11.0. The molecule has 2 N–H and O–H groups in total. The second-order valence-corrected chi connectivity index (χ2v) is 8.39. The molecule has 4 heterocycles. The molecule has 150 valence electrons. The Morgan fingerprint density at radius 2 is 1.26 bits per heavy atom. The highest BCUT2D eigenvalue weighted by atomic mass is 15.3. The Kier molecular flexibility index (Phi) is 6.35. The van der Waals surface area contributed by atoms with Crippen LogP contribution in [-0.2, 0) is 0 Å². The summed E-state index contributed by atoms with van der Waals surface area (Å²) in [7, 11) is 0. The Morgan fingerprint density at radius 1 is 0.704 bits per heavy atom. The van der Waals surface area contributed by atoms with Crippen molar-refractivity contribution in [3.63, 3.8) is 0 Å². The van der Waals surface area contributed by atoms with Gasteiger partial charge in [0.05, 0.1) is 17.6 Å². The van der Waals surface area contributed by atoms with Gasteiger partial charge in [-0.1, -0.05) is 12.8 Å². The first kappa shape index (κ1) is 18.8. The summed E-state index contributed by atoms with van der Waals surface area (Å²) in [5.41, 5.74) is 8.10. The van der Waals surface area contributed by atoms with E-state index in [4.69, 9.17) is 10.7 Å². The molecular formula is C21H36N6. The largest absolute Gasteiger partial charge is 0.397 e. The topological polar surface area (TPSA) is 51.9 Å². The number of piperidine rings is 2. The fourth-order valence-corrected chi connectivity index (χ4v) is 4.75. The van der Waals surface area contributed by atoms with Crippen LogP contribution in [-0.4, -0.2) is 80.2 Å². The third-order valence-electron chi connectivity index (χ3n) is 6.42. The van der Waals surface area contributed by atoms with Crippen molar-refractivity contribution in [1.82, 2.24) is 14.8 Å². The van der Waals surface area contributed by atoms with Crippen molar-refractivity contribution in [1.29, 1.82) is 0 Å². The molecule has 0 amide bonds. The highest BCUT2D eigenvalue weighted by Gasteiger charge is 2.25. The minimum atomic E-state index is 0.773. The van der Waals surface area contributed by atoms with Gasteiger partial charge in [-0.2, -0.15) is 0 Å². The molecule has 1 aromatic rings. The molecule has 1 aromatic heterocycles. The summed E-state index contributed by atoms with van der Waals surface area (Å²) in [6.45, 7) is 11.7. The minimum absolute atomic E-state index is 0.773. The quantitative estimate of drug-likeness (QED) is 0.827. The molecule has 0 atom stereocenters. The van der Waals surface area contributed by atoms with E-state index in [1.165, 1.54) is 70.4 Å². The lowest BCUT2D eigenvalue weighted by molar-refractivity contribution is 0.231. The Balaban J connectivity index is 1.38. The summed E-state index contributed by atoms with van der Waals surface area (Å²) < 4.78 is 0. The fraction of sp³-hybridized carbons (Fsp3) is 0.762. The number of hydrogen-bond acceptors (Lipinski definition) is 6. The maximum atomic E-state index is 6.09. The lowest BCUT2D eigenvalue weighted by Gasteiger charge is -2.40. The number of rotatable bonds is 6. The predicted octanol–water partition coefficient (Wildman–Crippen LogP) is 2.26. The van der Waals surface area contributed by atoms with Gasteiger partial charge in [-0.3, -0.25) is 0 Å². The zero-order chi connectivity index (χ0) is 18.5. The van der Waals surface area contributed by atoms with E-state index in [2.05, 4.69) is 25.7 Å². The normalized spacial score (nSPS) is 22.1. The number of aromatic nitrogens is 1. The van der Waals surface area contributed by atoms with Crippen molar-refractivity contribution in [3.05, 3.63) is 12.3 Å². The van der Waals surface area contributed by atoms with Crippen LogP contribution >= 0.6 is 0 Å². The second-order valence-electron chi connectivity index (χ2n) is 8.39. The number of likely N-dealkylation sites (tertiary alicyclic amines) is 2. The highest BCUT2D eigenvalue weighted by Crippen LogP contribution is 2.32. The van der Waals surface area contributed by atoms with Gasteiger partial charge in [0.15, 0.2) is 5.82 Å². The minimum Gasteiger partial charge on any atom is -0.397 e. The summed E-state index contributed by atoms with van der Waals surface area (Å²) in [6.07, 6.45) is 10.0.